The van der Waals surface area contributed by atoms with Crippen LogP contribution in [-0.4, -0.2) is 34.9 Å². The van der Waals surface area contributed by atoms with Crippen molar-refractivity contribution in [2.24, 2.45) is 5.10 Å². The number of halogens is 6. The maximum atomic E-state index is 13.0. The number of nitriles is 1. The average Bonchev–Trinajstić information content (AvgIpc) is 2.92. The van der Waals surface area contributed by atoms with Crippen LogP contribution in [0.3, 0.4) is 0 Å². The van der Waals surface area contributed by atoms with Gasteiger partial charge in [-0.15, -0.1) is 0 Å². The molecule has 0 aromatic heterocycles. The van der Waals surface area contributed by atoms with Crippen molar-refractivity contribution in [3.63, 3.8) is 0 Å². The third kappa shape index (κ3) is 3.99. The van der Waals surface area contributed by atoms with Gasteiger partial charge in [0, 0.05) is 18.7 Å². The van der Waals surface area contributed by atoms with Crippen LogP contribution in [0.5, 0.6) is 0 Å². The predicted octanol–water partition coefficient (Wildman–Crippen LogP) is 3.92. The second-order valence-electron chi connectivity index (χ2n) is 6.03. The van der Waals surface area contributed by atoms with Crippen molar-refractivity contribution in [1.29, 1.82) is 5.26 Å². The lowest BCUT2D eigenvalue weighted by molar-refractivity contribution is -0.137. The van der Waals surface area contributed by atoms with E-state index in [0.717, 1.165) is 17.1 Å². The molecule has 1 aromatic rings. The number of amides is 1. The fraction of sp³-hybridized carbons (Fsp3) is 0.438. The number of nitrogens with zero attached hydrogens (tertiary/aromatic N) is 3. The molecule has 1 atom stereocenters. The van der Waals surface area contributed by atoms with Crippen LogP contribution in [0.25, 0.3) is 0 Å². The highest BCUT2D eigenvalue weighted by Gasteiger charge is 2.51. The van der Waals surface area contributed by atoms with Crippen LogP contribution < -0.4 is 5.32 Å². The molecule has 5 nitrogen and oxygen atoms in total. The Labute approximate surface area is 150 Å². The van der Waals surface area contributed by atoms with Gasteiger partial charge in [0.15, 0.2) is 0 Å². The zero-order chi connectivity index (χ0) is 20.6. The number of carbonyl (C=O) groups excluding carboxylic acids is 1. The largest absolute Gasteiger partial charge is 0.431 e. The number of hydrogen-bond donors (Lipinski definition) is 1. The number of alkyl halides is 6. The number of hydrazone groups is 1. The van der Waals surface area contributed by atoms with Crippen LogP contribution in [-0.2, 0) is 11.0 Å². The summed E-state index contributed by atoms with van der Waals surface area (Å²) in [6.45, 7) is 2.71. The standard InChI is InChI=1S/C16H14F6N4O/c1-3-26-14(2,7-12(25-26)16(20,21)22)13(27)24-10-5-4-9(8-23)11(6-10)15(17,18)19/h4-6H,3,7H2,1-2H3,(H,24,27)/t14-/m0/s1. The van der Waals surface area contributed by atoms with Gasteiger partial charge in [-0.05, 0) is 32.0 Å². The van der Waals surface area contributed by atoms with Crippen LogP contribution >= 0.6 is 0 Å². The highest BCUT2D eigenvalue weighted by atomic mass is 19.4. The number of hydrogen-bond acceptors (Lipinski definition) is 4. The number of nitrogens with one attached hydrogen (secondary N) is 1. The van der Waals surface area contributed by atoms with Crippen molar-refractivity contribution >= 4 is 17.3 Å². The molecule has 0 aliphatic carbocycles. The summed E-state index contributed by atoms with van der Waals surface area (Å²) in [4.78, 5) is 12.6. The Hall–Kier alpha value is -2.77. The van der Waals surface area contributed by atoms with E-state index in [0.29, 0.717) is 6.07 Å². The molecule has 1 heterocycles. The van der Waals surface area contributed by atoms with Crippen LogP contribution in [0.2, 0.25) is 0 Å². The van der Waals surface area contributed by atoms with Crippen molar-refractivity contribution in [3.8, 4) is 6.07 Å². The molecule has 0 saturated carbocycles. The van der Waals surface area contributed by atoms with E-state index < -0.39 is 47.1 Å². The Morgan fingerprint density at radius 1 is 1.30 bits per heavy atom. The Morgan fingerprint density at radius 2 is 1.93 bits per heavy atom. The quantitative estimate of drug-likeness (QED) is 0.793. The van der Waals surface area contributed by atoms with E-state index in [1.54, 1.807) is 0 Å². The fourth-order valence-corrected chi connectivity index (χ4v) is 2.70. The van der Waals surface area contributed by atoms with Crippen LogP contribution in [0.1, 0.15) is 31.4 Å². The molecule has 27 heavy (non-hydrogen) atoms. The molecular formula is C16H14F6N4O. The monoisotopic (exact) mass is 392 g/mol. The van der Waals surface area contributed by atoms with Crippen LogP contribution in [0.4, 0.5) is 32.0 Å². The zero-order valence-corrected chi connectivity index (χ0v) is 14.2. The lowest BCUT2D eigenvalue weighted by Gasteiger charge is -2.32. The predicted molar refractivity (Wildman–Crippen MR) is 83.7 cm³/mol. The molecule has 0 unspecified atom stereocenters. The summed E-state index contributed by atoms with van der Waals surface area (Å²) in [5.41, 5.74) is -5.03. The summed E-state index contributed by atoms with van der Waals surface area (Å²) in [6.07, 6.45) is -10.3. The zero-order valence-electron chi connectivity index (χ0n) is 14.2. The molecule has 11 heteroatoms. The summed E-state index contributed by atoms with van der Waals surface area (Å²) in [5.74, 6) is -0.940. The molecule has 1 amide bonds. The normalized spacial score (nSPS) is 20.3. The molecule has 1 N–H and O–H groups in total. The van der Waals surface area contributed by atoms with Crippen molar-refractivity contribution in [1.82, 2.24) is 5.01 Å². The van der Waals surface area contributed by atoms with Crippen molar-refractivity contribution in [3.05, 3.63) is 29.3 Å². The molecule has 1 aliphatic heterocycles. The number of carbonyl (C=O) groups is 1. The first kappa shape index (κ1) is 20.5. The van der Waals surface area contributed by atoms with Gasteiger partial charge in [0.2, 0.25) is 0 Å². The van der Waals surface area contributed by atoms with Gasteiger partial charge in [0.1, 0.15) is 11.3 Å². The van der Waals surface area contributed by atoms with Crippen molar-refractivity contribution < 1.29 is 31.1 Å². The summed E-state index contributed by atoms with van der Waals surface area (Å²) < 4.78 is 77.8. The molecule has 0 saturated heterocycles. The molecule has 0 spiro atoms. The van der Waals surface area contributed by atoms with Crippen LogP contribution in [0, 0.1) is 11.3 Å². The van der Waals surface area contributed by atoms with Gasteiger partial charge in [-0.1, -0.05) is 0 Å². The number of likely N-dealkylation sites (N-methyl/N-ethyl adjacent to an activating group) is 1. The molecular weight excluding hydrogens is 378 g/mol. The minimum atomic E-state index is -4.83. The SMILES string of the molecule is CCN1N=C(C(F)(F)F)C[C@@]1(C)C(=O)Nc1ccc(C#N)c(C(F)(F)F)c1. The van der Waals surface area contributed by atoms with Crippen molar-refractivity contribution in [2.75, 3.05) is 11.9 Å². The Morgan fingerprint density at radius 3 is 2.41 bits per heavy atom. The van der Waals surface area contributed by atoms with E-state index in [4.69, 9.17) is 5.26 Å². The minimum Gasteiger partial charge on any atom is -0.324 e. The maximum Gasteiger partial charge on any atom is 0.431 e. The van der Waals surface area contributed by atoms with E-state index in [2.05, 4.69) is 10.4 Å². The molecule has 1 aliphatic rings. The minimum absolute atomic E-state index is 0.00925. The van der Waals surface area contributed by atoms with E-state index in [1.807, 2.05) is 0 Å². The molecule has 0 radical (unpaired) electrons. The lowest BCUT2D eigenvalue weighted by Crippen LogP contribution is -2.50. The smallest absolute Gasteiger partial charge is 0.324 e. The highest BCUT2D eigenvalue weighted by molar-refractivity contribution is 6.04. The Bertz CT molecular complexity index is 824. The van der Waals surface area contributed by atoms with Crippen LogP contribution in [0.15, 0.2) is 23.3 Å². The second kappa shape index (κ2) is 6.75. The summed E-state index contributed by atoms with van der Waals surface area (Å²) in [7, 11) is 0. The van der Waals surface area contributed by atoms with E-state index in [1.165, 1.54) is 19.9 Å². The topological polar surface area (TPSA) is 68.5 Å². The molecule has 2 rings (SSSR count). The first-order valence-electron chi connectivity index (χ1n) is 7.68. The van der Waals surface area contributed by atoms with E-state index in [9.17, 15) is 31.1 Å². The summed E-state index contributed by atoms with van der Waals surface area (Å²) in [5, 5.41) is 15.3. The van der Waals surface area contributed by atoms with E-state index >= 15 is 0 Å². The average molecular weight is 392 g/mol. The summed E-state index contributed by atoms with van der Waals surface area (Å²) >= 11 is 0. The van der Waals surface area contributed by atoms with Gasteiger partial charge in [0.25, 0.3) is 5.91 Å². The third-order valence-electron chi connectivity index (χ3n) is 4.14. The second-order valence-corrected chi connectivity index (χ2v) is 6.03. The Kier molecular flexibility index (Phi) is 5.14. The van der Waals surface area contributed by atoms with Gasteiger partial charge in [-0.3, -0.25) is 9.80 Å². The molecule has 1 aromatic carbocycles. The van der Waals surface area contributed by atoms with E-state index in [-0.39, 0.29) is 12.2 Å². The fourth-order valence-electron chi connectivity index (χ4n) is 2.70. The maximum absolute atomic E-state index is 13.0. The first-order chi connectivity index (χ1) is 12.3. The molecule has 146 valence electrons. The Balaban J connectivity index is 2.31. The number of rotatable bonds is 3. The molecule has 0 bridgehead atoms. The number of benzene rings is 1. The molecule has 0 fully saturated rings. The first-order valence-corrected chi connectivity index (χ1v) is 7.68. The van der Waals surface area contributed by atoms with Gasteiger partial charge in [-0.25, -0.2) is 0 Å². The van der Waals surface area contributed by atoms with Gasteiger partial charge < -0.3 is 5.32 Å². The highest BCUT2D eigenvalue weighted by Crippen LogP contribution is 2.36. The van der Waals surface area contributed by atoms with Crippen molar-refractivity contribution in [2.45, 2.75) is 38.2 Å². The lowest BCUT2D eigenvalue weighted by atomic mass is 9.94. The third-order valence-corrected chi connectivity index (χ3v) is 4.14. The van der Waals surface area contributed by atoms with Gasteiger partial charge >= 0.3 is 12.4 Å². The van der Waals surface area contributed by atoms with Gasteiger partial charge in [0.05, 0.1) is 17.2 Å². The number of anilines is 1. The summed E-state index contributed by atoms with van der Waals surface area (Å²) in [6, 6.07) is 3.92. The van der Waals surface area contributed by atoms with Gasteiger partial charge in [-0.2, -0.15) is 36.7 Å².